The van der Waals surface area contributed by atoms with E-state index >= 15 is 0 Å². The average Bonchev–Trinajstić information content (AvgIpc) is 2.32. The Labute approximate surface area is 107 Å². The highest BCUT2D eigenvalue weighted by molar-refractivity contribution is 7.89. The lowest BCUT2D eigenvalue weighted by Gasteiger charge is -2.06. The topological polar surface area (TPSA) is 60.2 Å². The zero-order chi connectivity index (χ0) is 13.3. The summed E-state index contributed by atoms with van der Waals surface area (Å²) >= 11 is 0. The molecule has 0 unspecified atom stereocenters. The molecule has 0 saturated heterocycles. The Bertz CT molecular complexity index is 673. The fourth-order valence-corrected chi connectivity index (χ4v) is 2.27. The first-order chi connectivity index (χ1) is 8.38. The van der Waals surface area contributed by atoms with Gasteiger partial charge in [-0.05, 0) is 48.2 Å². The van der Waals surface area contributed by atoms with Crippen LogP contribution in [0.4, 0.5) is 0 Å². The molecule has 0 aliphatic heterocycles. The number of nitrogens with two attached hydrogens (primary N) is 1. The minimum absolute atomic E-state index is 0.134. The first kappa shape index (κ1) is 12.8. The van der Waals surface area contributed by atoms with Gasteiger partial charge in [0, 0.05) is 0 Å². The number of benzene rings is 2. The average molecular weight is 261 g/mol. The third kappa shape index (κ3) is 2.60. The first-order valence-corrected chi connectivity index (χ1v) is 7.13. The molecule has 94 valence electrons. The Kier molecular flexibility index (Phi) is 3.24. The van der Waals surface area contributed by atoms with E-state index in [0.29, 0.717) is 0 Å². The molecule has 2 aromatic rings. The van der Waals surface area contributed by atoms with Gasteiger partial charge in [-0.15, -0.1) is 0 Å². The Hall–Kier alpha value is -1.65. The molecule has 0 aliphatic carbocycles. The van der Waals surface area contributed by atoms with Crippen molar-refractivity contribution >= 4 is 10.0 Å². The quantitative estimate of drug-likeness (QED) is 0.903. The second-order valence-corrected chi connectivity index (χ2v) is 5.93. The zero-order valence-corrected chi connectivity index (χ0v) is 11.2. The Balaban J connectivity index is 2.43. The van der Waals surface area contributed by atoms with E-state index in [4.69, 9.17) is 5.14 Å². The molecule has 0 saturated carbocycles. The Morgan fingerprint density at radius 3 is 1.89 bits per heavy atom. The van der Waals surface area contributed by atoms with Gasteiger partial charge < -0.3 is 0 Å². The number of hydrogen-bond donors (Lipinski definition) is 1. The summed E-state index contributed by atoms with van der Waals surface area (Å²) in [6, 6.07) is 12.8. The van der Waals surface area contributed by atoms with Crippen LogP contribution in [0.3, 0.4) is 0 Å². The van der Waals surface area contributed by atoms with Gasteiger partial charge in [-0.1, -0.05) is 30.3 Å². The van der Waals surface area contributed by atoms with Crippen LogP contribution in [0.25, 0.3) is 11.1 Å². The molecule has 2 N–H and O–H groups in total. The van der Waals surface area contributed by atoms with Gasteiger partial charge in [-0.25, -0.2) is 13.6 Å². The molecule has 4 heteroatoms. The number of rotatable bonds is 2. The van der Waals surface area contributed by atoms with Gasteiger partial charge in [0.05, 0.1) is 4.90 Å². The Morgan fingerprint density at radius 1 is 0.833 bits per heavy atom. The molecular weight excluding hydrogens is 246 g/mol. The summed E-state index contributed by atoms with van der Waals surface area (Å²) in [5.41, 5.74) is 4.49. The first-order valence-electron chi connectivity index (χ1n) is 5.58. The number of hydrogen-bond acceptors (Lipinski definition) is 2. The summed E-state index contributed by atoms with van der Waals surface area (Å²) in [5, 5.41) is 5.06. The van der Waals surface area contributed by atoms with Crippen LogP contribution in [0, 0.1) is 13.8 Å². The van der Waals surface area contributed by atoms with Crippen LogP contribution in [0.5, 0.6) is 0 Å². The van der Waals surface area contributed by atoms with E-state index < -0.39 is 10.0 Å². The van der Waals surface area contributed by atoms with Crippen molar-refractivity contribution in [1.82, 2.24) is 0 Å². The maximum Gasteiger partial charge on any atom is 0.238 e. The molecule has 0 amide bonds. The SMILES string of the molecule is Cc1ccc(-c2ccc(S(N)(=O)=O)cc2)cc1C. The highest BCUT2D eigenvalue weighted by atomic mass is 32.2. The van der Waals surface area contributed by atoms with Crippen molar-refractivity contribution < 1.29 is 8.42 Å². The van der Waals surface area contributed by atoms with Crippen LogP contribution in [0.2, 0.25) is 0 Å². The summed E-state index contributed by atoms with van der Waals surface area (Å²) < 4.78 is 22.3. The van der Waals surface area contributed by atoms with Gasteiger partial charge in [-0.2, -0.15) is 0 Å². The summed E-state index contributed by atoms with van der Waals surface area (Å²) in [6.07, 6.45) is 0. The summed E-state index contributed by atoms with van der Waals surface area (Å²) in [4.78, 5) is 0.134. The number of sulfonamides is 1. The number of primary sulfonamides is 1. The summed E-state index contributed by atoms with van der Waals surface area (Å²) in [6.45, 7) is 4.11. The minimum atomic E-state index is -3.62. The molecule has 0 heterocycles. The van der Waals surface area contributed by atoms with Crippen LogP contribution in [-0.4, -0.2) is 8.42 Å². The molecule has 0 aliphatic rings. The van der Waals surface area contributed by atoms with Gasteiger partial charge in [0.1, 0.15) is 0 Å². The zero-order valence-electron chi connectivity index (χ0n) is 10.3. The van der Waals surface area contributed by atoms with E-state index in [9.17, 15) is 8.42 Å². The fraction of sp³-hybridized carbons (Fsp3) is 0.143. The molecule has 0 spiro atoms. The molecule has 0 bridgehead atoms. The van der Waals surface area contributed by atoms with Crippen molar-refractivity contribution in [3.8, 4) is 11.1 Å². The van der Waals surface area contributed by atoms with Crippen LogP contribution >= 0.6 is 0 Å². The highest BCUT2D eigenvalue weighted by Crippen LogP contribution is 2.23. The summed E-state index contributed by atoms with van der Waals surface area (Å²) in [7, 11) is -3.62. The molecule has 18 heavy (non-hydrogen) atoms. The molecular formula is C14H15NO2S. The van der Waals surface area contributed by atoms with Crippen molar-refractivity contribution in [2.45, 2.75) is 18.7 Å². The molecule has 0 fully saturated rings. The van der Waals surface area contributed by atoms with Gasteiger partial charge in [-0.3, -0.25) is 0 Å². The van der Waals surface area contributed by atoms with Crippen molar-refractivity contribution in [3.05, 3.63) is 53.6 Å². The predicted octanol–water partition coefficient (Wildman–Crippen LogP) is 2.62. The van der Waals surface area contributed by atoms with E-state index in [2.05, 4.69) is 26.0 Å². The lowest BCUT2D eigenvalue weighted by molar-refractivity contribution is 0.598. The van der Waals surface area contributed by atoms with E-state index in [0.717, 1.165) is 11.1 Å². The maximum absolute atomic E-state index is 11.2. The van der Waals surface area contributed by atoms with Gasteiger partial charge >= 0.3 is 0 Å². The van der Waals surface area contributed by atoms with E-state index in [-0.39, 0.29) is 4.90 Å². The maximum atomic E-state index is 11.2. The van der Waals surface area contributed by atoms with Crippen LogP contribution in [-0.2, 0) is 10.0 Å². The largest absolute Gasteiger partial charge is 0.238 e. The molecule has 2 rings (SSSR count). The highest BCUT2D eigenvalue weighted by Gasteiger charge is 2.07. The standard InChI is InChI=1S/C14H15NO2S/c1-10-3-4-13(9-11(10)2)12-5-7-14(8-6-12)18(15,16)17/h3-9H,1-2H3,(H2,15,16,17). The fourth-order valence-electron chi connectivity index (χ4n) is 1.76. The lowest BCUT2D eigenvalue weighted by Crippen LogP contribution is -2.11. The second-order valence-electron chi connectivity index (χ2n) is 4.37. The van der Waals surface area contributed by atoms with E-state index in [1.54, 1.807) is 12.1 Å². The number of aryl methyl sites for hydroxylation is 2. The third-order valence-electron chi connectivity index (χ3n) is 3.02. The molecule has 2 aromatic carbocycles. The summed E-state index contributed by atoms with van der Waals surface area (Å²) in [5.74, 6) is 0. The molecule has 0 aromatic heterocycles. The van der Waals surface area contributed by atoms with Gasteiger partial charge in [0.25, 0.3) is 0 Å². The van der Waals surface area contributed by atoms with Crippen molar-refractivity contribution in [2.75, 3.05) is 0 Å². The van der Waals surface area contributed by atoms with Crippen molar-refractivity contribution in [2.24, 2.45) is 5.14 Å². The monoisotopic (exact) mass is 261 g/mol. The van der Waals surface area contributed by atoms with Crippen molar-refractivity contribution in [1.29, 1.82) is 0 Å². The van der Waals surface area contributed by atoms with Crippen molar-refractivity contribution in [3.63, 3.8) is 0 Å². The van der Waals surface area contributed by atoms with Gasteiger partial charge in [0.15, 0.2) is 0 Å². The van der Waals surface area contributed by atoms with E-state index in [1.807, 2.05) is 6.07 Å². The molecule has 0 atom stereocenters. The normalized spacial score (nSPS) is 11.5. The van der Waals surface area contributed by atoms with Crippen LogP contribution in [0.1, 0.15) is 11.1 Å². The molecule has 3 nitrogen and oxygen atoms in total. The second kappa shape index (κ2) is 4.55. The minimum Gasteiger partial charge on any atom is -0.225 e. The predicted molar refractivity (Wildman–Crippen MR) is 72.7 cm³/mol. The smallest absolute Gasteiger partial charge is 0.225 e. The third-order valence-corrected chi connectivity index (χ3v) is 3.95. The Morgan fingerprint density at radius 2 is 1.39 bits per heavy atom. The van der Waals surface area contributed by atoms with Crippen LogP contribution < -0.4 is 5.14 Å². The van der Waals surface area contributed by atoms with Gasteiger partial charge in [0.2, 0.25) is 10.0 Å². The molecule has 0 radical (unpaired) electrons. The lowest BCUT2D eigenvalue weighted by atomic mass is 10.0. The van der Waals surface area contributed by atoms with E-state index in [1.165, 1.54) is 23.3 Å². The van der Waals surface area contributed by atoms with Crippen LogP contribution in [0.15, 0.2) is 47.4 Å².